The van der Waals surface area contributed by atoms with Crippen LogP contribution in [0.4, 0.5) is 0 Å². The summed E-state index contributed by atoms with van der Waals surface area (Å²) in [4.78, 5) is 26.5. The number of aliphatic hydroxyl groups is 1. The summed E-state index contributed by atoms with van der Waals surface area (Å²) in [6.07, 6.45) is 12.1. The molecule has 3 fully saturated rings. The molecule has 0 amide bonds. The number of allylic oxidation sites excluding steroid dienone is 2. The molecule has 0 aromatic heterocycles. The Bertz CT molecular complexity index is 965. The summed E-state index contributed by atoms with van der Waals surface area (Å²) in [7, 11) is 0. The minimum atomic E-state index is -1.07. The molecule has 1 unspecified atom stereocenters. The Morgan fingerprint density at radius 1 is 1.03 bits per heavy atom. The number of hydrogen-bond acceptors (Lipinski definition) is 3. The zero-order valence-corrected chi connectivity index (χ0v) is 21.3. The Labute approximate surface area is 198 Å². The van der Waals surface area contributed by atoms with E-state index >= 15 is 0 Å². The van der Waals surface area contributed by atoms with Crippen LogP contribution in [0.3, 0.4) is 0 Å². The van der Waals surface area contributed by atoms with Gasteiger partial charge in [0.15, 0.2) is 5.78 Å². The highest BCUT2D eigenvalue weighted by atomic mass is 16.4. The average Bonchev–Trinajstić information content (AvgIpc) is 2.72. The van der Waals surface area contributed by atoms with E-state index in [-0.39, 0.29) is 33.9 Å². The molecule has 0 radical (unpaired) electrons. The molecule has 5 rings (SSSR count). The van der Waals surface area contributed by atoms with Crippen LogP contribution in [0.2, 0.25) is 0 Å². The van der Waals surface area contributed by atoms with E-state index in [1.807, 2.05) is 13.0 Å². The van der Waals surface area contributed by atoms with Crippen molar-refractivity contribution in [1.82, 2.24) is 0 Å². The Morgan fingerprint density at radius 2 is 1.73 bits per heavy atom. The third-order valence-electron chi connectivity index (χ3n) is 12.1. The fourth-order valence-corrected chi connectivity index (χ4v) is 10.1. The summed E-state index contributed by atoms with van der Waals surface area (Å²) in [5.74, 6) is -0.363. The maximum atomic E-state index is 14.1. The number of rotatable bonds is 1. The first-order valence-electron chi connectivity index (χ1n) is 13.1. The molecule has 5 aliphatic carbocycles. The number of carbonyl (C=O) groups excluding carboxylic acids is 1. The summed E-state index contributed by atoms with van der Waals surface area (Å²) >= 11 is 0. The zero-order chi connectivity index (χ0) is 24.2. The van der Waals surface area contributed by atoms with Gasteiger partial charge >= 0.3 is 5.97 Å². The quantitative estimate of drug-likeness (QED) is 0.491. The lowest BCUT2D eigenvalue weighted by Gasteiger charge is -2.69. The van der Waals surface area contributed by atoms with Crippen LogP contribution in [0.15, 0.2) is 23.8 Å². The molecule has 2 N–H and O–H groups in total. The second-order valence-corrected chi connectivity index (χ2v) is 13.5. The molecular formula is C29H42O4. The third kappa shape index (κ3) is 2.62. The van der Waals surface area contributed by atoms with Crippen LogP contribution < -0.4 is 0 Å². The van der Waals surface area contributed by atoms with Crippen LogP contribution in [0.25, 0.3) is 0 Å². The molecule has 182 valence electrons. The van der Waals surface area contributed by atoms with E-state index in [1.54, 1.807) is 19.1 Å². The number of aliphatic hydroxyl groups excluding tert-OH is 1. The number of ketones is 1. The second kappa shape index (κ2) is 6.83. The fourth-order valence-electron chi connectivity index (χ4n) is 10.1. The molecule has 33 heavy (non-hydrogen) atoms. The Morgan fingerprint density at radius 3 is 2.39 bits per heavy atom. The highest BCUT2D eigenvalue weighted by Crippen LogP contribution is 2.74. The minimum Gasteiger partial charge on any atom is -0.481 e. The van der Waals surface area contributed by atoms with Gasteiger partial charge in [0, 0.05) is 11.3 Å². The number of hydrogen-bond donors (Lipinski definition) is 2. The first-order valence-corrected chi connectivity index (χ1v) is 13.1. The molecule has 0 saturated heterocycles. The molecule has 0 aromatic rings. The van der Waals surface area contributed by atoms with E-state index in [0.29, 0.717) is 11.8 Å². The Kier molecular flexibility index (Phi) is 4.83. The maximum Gasteiger partial charge on any atom is 0.313 e. The van der Waals surface area contributed by atoms with E-state index in [2.05, 4.69) is 27.7 Å². The minimum absolute atomic E-state index is 0.101. The highest BCUT2D eigenvalue weighted by molar-refractivity contribution is 5.96. The van der Waals surface area contributed by atoms with Crippen molar-refractivity contribution in [3.8, 4) is 0 Å². The highest BCUT2D eigenvalue weighted by Gasteiger charge is 2.71. The molecule has 0 bridgehead atoms. The van der Waals surface area contributed by atoms with Gasteiger partial charge in [-0.05, 0) is 79.1 Å². The molecule has 0 aromatic carbocycles. The van der Waals surface area contributed by atoms with Crippen molar-refractivity contribution in [1.29, 1.82) is 0 Å². The van der Waals surface area contributed by atoms with Crippen molar-refractivity contribution in [2.75, 3.05) is 0 Å². The zero-order valence-electron chi connectivity index (χ0n) is 21.3. The lowest BCUT2D eigenvalue weighted by molar-refractivity contribution is -0.200. The van der Waals surface area contributed by atoms with E-state index < -0.39 is 22.9 Å². The number of carboxylic acid groups (broad SMARTS) is 1. The van der Waals surface area contributed by atoms with Gasteiger partial charge in [-0.15, -0.1) is 0 Å². The predicted molar refractivity (Wildman–Crippen MR) is 128 cm³/mol. The van der Waals surface area contributed by atoms with Crippen LogP contribution in [0, 0.1) is 50.7 Å². The lowest BCUT2D eigenvalue weighted by Crippen LogP contribution is -2.68. The SMILES string of the molecule is C[C@H]1CCC[C@]2(C)CC[C@]3(C)C(=CC(=O)[C@@H]4[C@@]5(C)C(O)C=C[C@](C)(C(=O)O)[C@@H]5CC[C@]43C)[C@H]12. The van der Waals surface area contributed by atoms with Crippen molar-refractivity contribution >= 4 is 11.8 Å². The number of fused-ring (bicyclic) bond motifs is 7. The number of carboxylic acids is 1. The van der Waals surface area contributed by atoms with Gasteiger partial charge in [0.2, 0.25) is 0 Å². The predicted octanol–water partition coefficient (Wildman–Crippen LogP) is 5.80. The van der Waals surface area contributed by atoms with Gasteiger partial charge in [0.1, 0.15) is 0 Å². The van der Waals surface area contributed by atoms with E-state index in [0.717, 1.165) is 19.3 Å². The first kappa shape index (κ1) is 23.3. The Hall–Kier alpha value is -1.42. The largest absolute Gasteiger partial charge is 0.481 e. The van der Waals surface area contributed by atoms with Gasteiger partial charge in [0.05, 0.1) is 11.5 Å². The number of aliphatic carboxylic acids is 1. The standard InChI is InChI=1S/C29H42O4/c1-17-8-7-11-25(2)14-15-27(4)18(22(17)25)16-19(30)23-28(27,5)13-9-20-26(3,24(32)33)12-10-21(31)29(20,23)6/h10,12,16-17,20-23,31H,7-9,11,13-15H2,1-6H3,(H,32,33)/t17-,20-,21?,22-,23-,25+,26-,27+,28+,29+/m0/s1. The molecule has 5 aliphatic rings. The molecular weight excluding hydrogens is 412 g/mol. The Balaban J connectivity index is 1.68. The second-order valence-electron chi connectivity index (χ2n) is 13.5. The first-order chi connectivity index (χ1) is 15.3. The number of carbonyl (C=O) groups is 2. The van der Waals surface area contributed by atoms with Crippen molar-refractivity contribution in [3.63, 3.8) is 0 Å². The summed E-state index contributed by atoms with van der Waals surface area (Å²) in [5, 5.41) is 21.5. The van der Waals surface area contributed by atoms with Crippen molar-refractivity contribution in [2.45, 2.75) is 92.6 Å². The third-order valence-corrected chi connectivity index (χ3v) is 12.1. The van der Waals surface area contributed by atoms with Crippen LogP contribution in [0.5, 0.6) is 0 Å². The summed E-state index contributed by atoms with van der Waals surface area (Å²) in [6, 6.07) is 0. The lowest BCUT2D eigenvalue weighted by atomic mass is 9.33. The van der Waals surface area contributed by atoms with Gasteiger partial charge in [-0.3, -0.25) is 9.59 Å². The summed E-state index contributed by atoms with van der Waals surface area (Å²) in [5.41, 5.74) is -0.613. The monoisotopic (exact) mass is 454 g/mol. The molecule has 3 saturated carbocycles. The molecule has 4 heteroatoms. The summed E-state index contributed by atoms with van der Waals surface area (Å²) in [6.45, 7) is 13.3. The van der Waals surface area contributed by atoms with E-state index in [4.69, 9.17) is 0 Å². The smallest absolute Gasteiger partial charge is 0.313 e. The molecule has 0 heterocycles. The van der Waals surface area contributed by atoms with Crippen LogP contribution in [0.1, 0.15) is 86.5 Å². The normalized spacial score (nSPS) is 55.5. The molecule has 0 spiro atoms. The van der Waals surface area contributed by atoms with E-state index in [9.17, 15) is 19.8 Å². The van der Waals surface area contributed by atoms with Gasteiger partial charge in [-0.25, -0.2) is 0 Å². The average molecular weight is 455 g/mol. The van der Waals surface area contributed by atoms with Crippen LogP contribution in [-0.2, 0) is 9.59 Å². The topological polar surface area (TPSA) is 74.6 Å². The van der Waals surface area contributed by atoms with Gasteiger partial charge < -0.3 is 10.2 Å². The fraction of sp³-hybridized carbons (Fsp3) is 0.793. The van der Waals surface area contributed by atoms with Crippen molar-refractivity contribution in [2.24, 2.45) is 50.7 Å². The maximum absolute atomic E-state index is 14.1. The van der Waals surface area contributed by atoms with Crippen molar-refractivity contribution in [3.05, 3.63) is 23.8 Å². The van der Waals surface area contributed by atoms with Crippen molar-refractivity contribution < 1.29 is 19.8 Å². The van der Waals surface area contributed by atoms with Crippen LogP contribution >= 0.6 is 0 Å². The molecule has 10 atom stereocenters. The molecule has 4 nitrogen and oxygen atoms in total. The molecule has 0 aliphatic heterocycles. The summed E-state index contributed by atoms with van der Waals surface area (Å²) < 4.78 is 0. The van der Waals surface area contributed by atoms with Gasteiger partial charge in [-0.1, -0.05) is 65.2 Å². The van der Waals surface area contributed by atoms with Gasteiger partial charge in [-0.2, -0.15) is 0 Å². The van der Waals surface area contributed by atoms with E-state index in [1.165, 1.54) is 31.3 Å². The van der Waals surface area contributed by atoms with Gasteiger partial charge in [0.25, 0.3) is 0 Å². The van der Waals surface area contributed by atoms with Crippen LogP contribution in [-0.4, -0.2) is 28.1 Å².